The molecule has 2 rings (SSSR count). The Morgan fingerprint density at radius 1 is 1.03 bits per heavy atom. The van der Waals surface area contributed by atoms with E-state index in [0.717, 1.165) is 18.2 Å². The number of amides is 1. The summed E-state index contributed by atoms with van der Waals surface area (Å²) in [5.74, 6) is -3.86. The second kappa shape index (κ2) is 9.77. The van der Waals surface area contributed by atoms with Gasteiger partial charge in [0.15, 0.2) is 18.2 Å². The maximum atomic E-state index is 13.2. The monoisotopic (exact) mass is 440 g/mol. The first-order valence-electron chi connectivity index (χ1n) is 9.13. The standard InChI is InChI=1S/C20H22F2N2O5S/c1-4-24(5-2)30(27,28)18-10-14(7-6-13(18)3)20(26)29-12-19(25)23-15-8-9-16(21)17(22)11-15/h6-11H,4-5,12H2,1-3H3,(H,23,25). The van der Waals surface area contributed by atoms with Crippen molar-refractivity contribution in [3.8, 4) is 0 Å². The van der Waals surface area contributed by atoms with Crippen LogP contribution in [-0.4, -0.2) is 44.3 Å². The van der Waals surface area contributed by atoms with Crippen molar-refractivity contribution in [1.82, 2.24) is 4.31 Å². The van der Waals surface area contributed by atoms with Crippen LogP contribution in [0, 0.1) is 18.6 Å². The lowest BCUT2D eigenvalue weighted by Crippen LogP contribution is -2.31. The van der Waals surface area contributed by atoms with Crippen LogP contribution in [0.2, 0.25) is 0 Å². The number of hydrogen-bond donors (Lipinski definition) is 1. The molecule has 10 heteroatoms. The molecule has 0 saturated heterocycles. The molecular weight excluding hydrogens is 418 g/mol. The molecule has 1 amide bonds. The topological polar surface area (TPSA) is 92.8 Å². The van der Waals surface area contributed by atoms with E-state index >= 15 is 0 Å². The Balaban J connectivity index is 2.10. The zero-order valence-corrected chi connectivity index (χ0v) is 17.6. The lowest BCUT2D eigenvalue weighted by atomic mass is 10.1. The fourth-order valence-corrected chi connectivity index (χ4v) is 4.40. The number of hydrogen-bond acceptors (Lipinski definition) is 5. The molecule has 0 atom stereocenters. The SMILES string of the molecule is CCN(CC)S(=O)(=O)c1cc(C(=O)OCC(=O)Nc2ccc(F)c(F)c2)ccc1C. The summed E-state index contributed by atoms with van der Waals surface area (Å²) in [5, 5.41) is 2.27. The van der Waals surface area contributed by atoms with E-state index in [4.69, 9.17) is 4.74 Å². The highest BCUT2D eigenvalue weighted by atomic mass is 32.2. The Hall–Kier alpha value is -2.85. The van der Waals surface area contributed by atoms with Crippen molar-refractivity contribution in [2.24, 2.45) is 0 Å². The van der Waals surface area contributed by atoms with Crippen LogP contribution in [-0.2, 0) is 19.6 Å². The van der Waals surface area contributed by atoms with Crippen LogP contribution in [0.15, 0.2) is 41.3 Å². The average molecular weight is 440 g/mol. The third-order valence-corrected chi connectivity index (χ3v) is 6.48. The normalized spacial score (nSPS) is 11.4. The molecule has 0 bridgehead atoms. The highest BCUT2D eigenvalue weighted by Crippen LogP contribution is 2.22. The number of rotatable bonds is 8. The third kappa shape index (κ3) is 5.39. The van der Waals surface area contributed by atoms with Crippen LogP contribution in [0.5, 0.6) is 0 Å². The number of ether oxygens (including phenoxy) is 1. The quantitative estimate of drug-likeness (QED) is 0.637. The number of esters is 1. The number of halogens is 2. The molecule has 0 saturated carbocycles. The molecule has 2 aromatic carbocycles. The molecule has 0 radical (unpaired) electrons. The second-order valence-corrected chi connectivity index (χ2v) is 8.23. The highest BCUT2D eigenvalue weighted by molar-refractivity contribution is 7.89. The Morgan fingerprint density at radius 3 is 2.30 bits per heavy atom. The van der Waals surface area contributed by atoms with Crippen molar-refractivity contribution < 1.29 is 31.5 Å². The van der Waals surface area contributed by atoms with Gasteiger partial charge in [0.05, 0.1) is 10.5 Å². The first-order chi connectivity index (χ1) is 14.1. The van der Waals surface area contributed by atoms with E-state index in [2.05, 4.69) is 5.32 Å². The molecule has 0 spiro atoms. The molecule has 0 heterocycles. The summed E-state index contributed by atoms with van der Waals surface area (Å²) < 4.78 is 57.8. The van der Waals surface area contributed by atoms with Gasteiger partial charge in [-0.1, -0.05) is 19.9 Å². The largest absolute Gasteiger partial charge is 0.452 e. The van der Waals surface area contributed by atoms with Gasteiger partial charge in [0.25, 0.3) is 5.91 Å². The average Bonchev–Trinajstić information content (AvgIpc) is 2.70. The summed E-state index contributed by atoms with van der Waals surface area (Å²) >= 11 is 0. The third-order valence-electron chi connectivity index (χ3n) is 4.28. The second-order valence-electron chi connectivity index (χ2n) is 6.32. The zero-order valence-electron chi connectivity index (χ0n) is 16.7. The number of carbonyl (C=O) groups excluding carboxylic acids is 2. The lowest BCUT2D eigenvalue weighted by Gasteiger charge is -2.20. The van der Waals surface area contributed by atoms with Crippen molar-refractivity contribution in [2.75, 3.05) is 25.0 Å². The molecule has 0 fully saturated rings. The molecule has 0 aliphatic heterocycles. The van der Waals surface area contributed by atoms with Crippen molar-refractivity contribution >= 4 is 27.6 Å². The molecule has 1 N–H and O–H groups in total. The van der Waals surface area contributed by atoms with Gasteiger partial charge >= 0.3 is 5.97 Å². The molecular formula is C20H22F2N2O5S. The summed E-state index contributed by atoms with van der Waals surface area (Å²) in [6.07, 6.45) is 0. The number of anilines is 1. The highest BCUT2D eigenvalue weighted by Gasteiger charge is 2.25. The molecule has 2 aromatic rings. The van der Waals surface area contributed by atoms with E-state index in [1.807, 2.05) is 0 Å². The molecule has 162 valence electrons. The fraction of sp³-hybridized carbons (Fsp3) is 0.300. The Kier molecular flexibility index (Phi) is 7.63. The number of sulfonamides is 1. The van der Waals surface area contributed by atoms with Gasteiger partial charge in [-0.15, -0.1) is 0 Å². The predicted molar refractivity (Wildman–Crippen MR) is 107 cm³/mol. The summed E-state index contributed by atoms with van der Waals surface area (Å²) in [5.41, 5.74) is 0.430. The molecule has 0 aromatic heterocycles. The molecule has 30 heavy (non-hydrogen) atoms. The minimum atomic E-state index is -3.79. The fourth-order valence-electron chi connectivity index (χ4n) is 2.69. The van der Waals surface area contributed by atoms with E-state index in [9.17, 15) is 26.8 Å². The summed E-state index contributed by atoms with van der Waals surface area (Å²) in [6.45, 7) is 4.89. The maximum absolute atomic E-state index is 13.2. The number of benzene rings is 2. The minimum absolute atomic E-state index is 0.00196. The van der Waals surface area contributed by atoms with E-state index in [0.29, 0.717) is 5.56 Å². The van der Waals surface area contributed by atoms with Gasteiger partial charge < -0.3 is 10.1 Å². The van der Waals surface area contributed by atoms with Crippen LogP contribution in [0.25, 0.3) is 0 Å². The smallest absolute Gasteiger partial charge is 0.338 e. The van der Waals surface area contributed by atoms with Crippen LogP contribution in [0.3, 0.4) is 0 Å². The van der Waals surface area contributed by atoms with Gasteiger partial charge in [-0.2, -0.15) is 4.31 Å². The van der Waals surface area contributed by atoms with Gasteiger partial charge in [-0.05, 0) is 36.8 Å². The number of carbonyl (C=O) groups is 2. The number of aryl methyl sites for hydroxylation is 1. The van der Waals surface area contributed by atoms with Gasteiger partial charge in [0.2, 0.25) is 10.0 Å². The first-order valence-corrected chi connectivity index (χ1v) is 10.6. The first kappa shape index (κ1) is 23.4. The molecule has 0 aliphatic rings. The van der Waals surface area contributed by atoms with Gasteiger partial charge in [-0.3, -0.25) is 4.79 Å². The Labute approximate surface area is 173 Å². The minimum Gasteiger partial charge on any atom is -0.452 e. The van der Waals surface area contributed by atoms with Gasteiger partial charge in [0.1, 0.15) is 0 Å². The Morgan fingerprint density at radius 2 is 1.70 bits per heavy atom. The van der Waals surface area contributed by atoms with Crippen molar-refractivity contribution in [1.29, 1.82) is 0 Å². The van der Waals surface area contributed by atoms with E-state index in [1.165, 1.54) is 22.5 Å². The van der Waals surface area contributed by atoms with Crippen molar-refractivity contribution in [3.05, 3.63) is 59.2 Å². The molecule has 0 unspecified atom stereocenters. The number of nitrogens with one attached hydrogen (secondary N) is 1. The summed E-state index contributed by atoms with van der Waals surface area (Å²) in [4.78, 5) is 24.1. The van der Waals surface area contributed by atoms with Gasteiger partial charge in [0, 0.05) is 24.8 Å². The van der Waals surface area contributed by atoms with Crippen LogP contribution in [0.1, 0.15) is 29.8 Å². The van der Waals surface area contributed by atoms with Gasteiger partial charge in [-0.25, -0.2) is 22.0 Å². The van der Waals surface area contributed by atoms with E-state index in [-0.39, 0.29) is 29.2 Å². The van der Waals surface area contributed by atoms with Crippen molar-refractivity contribution in [2.45, 2.75) is 25.7 Å². The van der Waals surface area contributed by atoms with Crippen LogP contribution < -0.4 is 5.32 Å². The molecule has 7 nitrogen and oxygen atoms in total. The van der Waals surface area contributed by atoms with E-state index in [1.54, 1.807) is 20.8 Å². The van der Waals surface area contributed by atoms with E-state index < -0.39 is 40.1 Å². The summed E-state index contributed by atoms with van der Waals surface area (Å²) in [6, 6.07) is 6.88. The van der Waals surface area contributed by atoms with Crippen LogP contribution >= 0.6 is 0 Å². The van der Waals surface area contributed by atoms with Crippen molar-refractivity contribution in [3.63, 3.8) is 0 Å². The molecule has 0 aliphatic carbocycles. The lowest BCUT2D eigenvalue weighted by molar-refractivity contribution is -0.119. The van der Waals surface area contributed by atoms with Crippen LogP contribution in [0.4, 0.5) is 14.5 Å². The Bertz CT molecular complexity index is 1050. The number of nitrogens with zero attached hydrogens (tertiary/aromatic N) is 1. The predicted octanol–water partition coefficient (Wildman–Crippen LogP) is 3.10. The maximum Gasteiger partial charge on any atom is 0.338 e. The zero-order chi connectivity index (χ0) is 22.5. The summed E-state index contributed by atoms with van der Waals surface area (Å²) in [7, 11) is -3.79.